The molecule has 2 fully saturated rings. The quantitative estimate of drug-likeness (QED) is 0.146. The van der Waals surface area contributed by atoms with E-state index in [2.05, 4.69) is 15.0 Å². The van der Waals surface area contributed by atoms with Crippen molar-refractivity contribution < 1.29 is 56.1 Å². The number of halogens is 4. The average molecular weight is 875 g/mol. The van der Waals surface area contributed by atoms with Gasteiger partial charge in [-0.1, -0.05) is 30.7 Å². The van der Waals surface area contributed by atoms with Crippen molar-refractivity contribution in [3.8, 4) is 5.88 Å². The minimum absolute atomic E-state index is 0.0180. The fourth-order valence-electron chi connectivity index (χ4n) is 7.51. The molecule has 0 aliphatic carbocycles. The Morgan fingerprint density at radius 3 is 2.39 bits per heavy atom. The molecule has 3 aromatic heterocycles. The lowest BCUT2D eigenvalue weighted by atomic mass is 9.79. The van der Waals surface area contributed by atoms with Gasteiger partial charge in [-0.05, 0) is 66.2 Å². The first-order valence-electron chi connectivity index (χ1n) is 19.9. The van der Waals surface area contributed by atoms with E-state index >= 15 is 13.2 Å². The lowest BCUT2D eigenvalue weighted by molar-refractivity contribution is -0.159. The van der Waals surface area contributed by atoms with Crippen LogP contribution in [0.5, 0.6) is 5.88 Å². The summed E-state index contributed by atoms with van der Waals surface area (Å²) in [5.74, 6) is -10.2. The van der Waals surface area contributed by atoms with Gasteiger partial charge in [0.2, 0.25) is 11.7 Å². The van der Waals surface area contributed by atoms with Gasteiger partial charge in [-0.3, -0.25) is 9.59 Å². The highest BCUT2D eigenvalue weighted by atomic mass is 35.5. The third kappa shape index (κ3) is 9.73. The first kappa shape index (κ1) is 45.1. The van der Waals surface area contributed by atoms with Crippen LogP contribution in [0.4, 0.5) is 23.8 Å². The summed E-state index contributed by atoms with van der Waals surface area (Å²) < 4.78 is 73.9. The van der Waals surface area contributed by atoms with Gasteiger partial charge in [-0.25, -0.2) is 28.9 Å². The van der Waals surface area contributed by atoms with E-state index in [1.165, 1.54) is 22.1 Å². The van der Waals surface area contributed by atoms with Crippen LogP contribution in [0.2, 0.25) is 5.02 Å². The van der Waals surface area contributed by atoms with Gasteiger partial charge in [-0.15, -0.1) is 0 Å². The summed E-state index contributed by atoms with van der Waals surface area (Å²) in [6.07, 6.45) is -0.902. The van der Waals surface area contributed by atoms with Crippen molar-refractivity contribution in [1.29, 1.82) is 0 Å². The van der Waals surface area contributed by atoms with E-state index in [1.54, 1.807) is 72.7 Å². The molecule has 0 unspecified atom stereocenters. The standard InChI is InChI=1S/C42H50ClF3N6O9/c1-23-21-51(38(57)61-40(5,6)7)17-15-41(23,44)27-18-24(43)20-47-34(27)58-25-19-28(35(55)60-39(2,3)4)52(22-25)33-32-31(26-12-9-10-13-29(26)59-32)48-36(49-33)42(45,46)37(56)50(8)16-11-14-30(53)54/h9-10,12-13,18,20,23,25,28H,11,14-17,19,21-22H2,1-8H3,(H,53,54)/t23-,25-,28-,41+/m0/s1. The second kappa shape index (κ2) is 16.8. The highest BCUT2D eigenvalue weighted by Crippen LogP contribution is 2.46. The Morgan fingerprint density at radius 2 is 1.74 bits per heavy atom. The molecule has 4 atom stereocenters. The number of alkyl halides is 3. The van der Waals surface area contributed by atoms with Crippen LogP contribution in [-0.4, -0.2) is 110 Å². The number of rotatable bonds is 11. The zero-order valence-corrected chi connectivity index (χ0v) is 36.0. The van der Waals surface area contributed by atoms with E-state index in [9.17, 15) is 19.2 Å². The molecule has 2 aliphatic heterocycles. The number of hydrogen-bond acceptors (Lipinski definition) is 12. The first-order chi connectivity index (χ1) is 28.4. The molecule has 4 aromatic rings. The molecule has 2 saturated heterocycles. The van der Waals surface area contributed by atoms with Gasteiger partial charge in [0.1, 0.15) is 40.1 Å². The summed E-state index contributed by atoms with van der Waals surface area (Å²) in [5.41, 5.74) is -3.63. The molecular formula is C42H50ClF3N6O9. The fourth-order valence-corrected chi connectivity index (χ4v) is 7.66. The molecule has 0 radical (unpaired) electrons. The van der Waals surface area contributed by atoms with Crippen molar-refractivity contribution in [3.05, 3.63) is 52.9 Å². The maximum absolute atomic E-state index is 17.4. The number of carbonyl (C=O) groups is 4. The van der Waals surface area contributed by atoms with Crippen molar-refractivity contribution in [2.24, 2.45) is 5.92 Å². The number of aromatic nitrogens is 3. The number of amides is 2. The van der Waals surface area contributed by atoms with E-state index in [0.29, 0.717) is 10.3 Å². The Bertz CT molecular complexity index is 2330. The first-order valence-corrected chi connectivity index (χ1v) is 20.3. The zero-order valence-electron chi connectivity index (χ0n) is 35.3. The largest absolute Gasteiger partial charge is 0.481 e. The number of likely N-dealkylation sites (tertiary alicyclic amines) is 1. The molecule has 0 saturated carbocycles. The van der Waals surface area contributed by atoms with Gasteiger partial charge in [-0.2, -0.15) is 8.78 Å². The average Bonchev–Trinajstić information content (AvgIpc) is 3.76. The van der Waals surface area contributed by atoms with E-state index in [0.717, 1.165) is 7.05 Å². The van der Waals surface area contributed by atoms with Gasteiger partial charge in [0, 0.05) is 63.4 Å². The second-order valence-corrected chi connectivity index (χ2v) is 18.0. The number of carboxylic acid groups (broad SMARTS) is 1. The minimum Gasteiger partial charge on any atom is -0.481 e. The predicted molar refractivity (Wildman–Crippen MR) is 217 cm³/mol. The Kier molecular flexibility index (Phi) is 12.4. The van der Waals surface area contributed by atoms with Crippen molar-refractivity contribution in [1.82, 2.24) is 24.8 Å². The number of furan rings is 1. The van der Waals surface area contributed by atoms with Crippen LogP contribution in [0.15, 0.2) is 40.9 Å². The molecular weight excluding hydrogens is 825 g/mol. The summed E-state index contributed by atoms with van der Waals surface area (Å²) in [6.45, 7) is 11.4. The molecule has 2 amide bonds. The molecule has 19 heteroatoms. The molecule has 15 nitrogen and oxygen atoms in total. The smallest absolute Gasteiger partial charge is 0.410 e. The number of carbonyl (C=O) groups excluding carboxylic acids is 3. The topological polar surface area (TPSA) is 178 Å². The number of fused-ring (bicyclic) bond motifs is 3. The van der Waals surface area contributed by atoms with Crippen LogP contribution in [0.3, 0.4) is 0 Å². The van der Waals surface area contributed by atoms with Crippen LogP contribution in [-0.2, 0) is 35.4 Å². The Hall–Kier alpha value is -5.39. The SMILES string of the molecule is C[C@H]1CN(C(=O)OC(C)(C)C)CC[C@]1(F)c1cc(Cl)cnc1O[C@H]1C[C@@H](C(=O)OC(C)(C)C)N(c2nc(C(F)(F)C(=O)N(C)CCCC(=O)O)nc3c2oc2ccccc23)C1. The van der Waals surface area contributed by atoms with Crippen LogP contribution in [0.1, 0.15) is 85.5 Å². The van der Waals surface area contributed by atoms with Gasteiger partial charge in [0.05, 0.1) is 17.1 Å². The number of aliphatic carboxylic acids is 1. The summed E-state index contributed by atoms with van der Waals surface area (Å²) >= 11 is 6.39. The summed E-state index contributed by atoms with van der Waals surface area (Å²) in [6, 6.07) is 6.70. The van der Waals surface area contributed by atoms with Crippen molar-refractivity contribution in [2.45, 2.75) is 109 Å². The number of likely N-dealkylation sites (N-methyl/N-ethyl adjacent to an activating group) is 1. The maximum atomic E-state index is 17.4. The number of piperidine rings is 1. The third-order valence-electron chi connectivity index (χ3n) is 10.4. The normalized spacial score (nSPS) is 21.1. The number of nitrogens with zero attached hydrogens (tertiary/aromatic N) is 6. The number of ether oxygens (including phenoxy) is 3. The lowest BCUT2D eigenvalue weighted by Crippen LogP contribution is -2.50. The number of para-hydroxylation sites is 1. The van der Waals surface area contributed by atoms with Crippen LogP contribution in [0.25, 0.3) is 22.1 Å². The number of anilines is 1. The van der Waals surface area contributed by atoms with Crippen LogP contribution >= 0.6 is 11.6 Å². The molecule has 6 rings (SSSR count). The van der Waals surface area contributed by atoms with Crippen molar-refractivity contribution >= 4 is 63.4 Å². The van der Waals surface area contributed by atoms with Gasteiger partial charge >= 0.3 is 29.9 Å². The van der Waals surface area contributed by atoms with Crippen LogP contribution in [0, 0.1) is 5.92 Å². The number of pyridine rings is 1. The second-order valence-electron chi connectivity index (χ2n) is 17.6. The Labute approximate surface area is 355 Å². The minimum atomic E-state index is -4.32. The molecule has 61 heavy (non-hydrogen) atoms. The molecule has 5 heterocycles. The molecule has 1 N–H and O–H groups in total. The number of benzene rings is 1. The molecule has 0 spiro atoms. The molecule has 330 valence electrons. The number of carboxylic acids is 1. The van der Waals surface area contributed by atoms with E-state index in [1.807, 2.05) is 0 Å². The van der Waals surface area contributed by atoms with Crippen molar-refractivity contribution in [3.63, 3.8) is 0 Å². The predicted octanol–water partition coefficient (Wildman–Crippen LogP) is 7.65. The van der Waals surface area contributed by atoms with Gasteiger partial charge in [0.15, 0.2) is 11.4 Å². The van der Waals surface area contributed by atoms with Gasteiger partial charge in [0.25, 0.3) is 0 Å². The molecule has 1 aromatic carbocycles. The highest BCUT2D eigenvalue weighted by Gasteiger charge is 2.50. The Balaban J connectivity index is 1.39. The van der Waals surface area contributed by atoms with Crippen molar-refractivity contribution in [2.75, 3.05) is 38.1 Å². The fraction of sp³-hybridized carbons (Fsp3) is 0.548. The number of esters is 1. The monoisotopic (exact) mass is 874 g/mol. The number of hydrogen-bond donors (Lipinski definition) is 1. The van der Waals surface area contributed by atoms with Gasteiger partial charge < -0.3 is 38.4 Å². The highest BCUT2D eigenvalue weighted by molar-refractivity contribution is 6.30. The summed E-state index contributed by atoms with van der Waals surface area (Å²) in [5, 5.41) is 9.48. The summed E-state index contributed by atoms with van der Waals surface area (Å²) in [7, 11) is 1.12. The van der Waals surface area contributed by atoms with Crippen LogP contribution < -0.4 is 9.64 Å². The molecule has 2 aliphatic rings. The maximum Gasteiger partial charge on any atom is 0.410 e. The van der Waals surface area contributed by atoms with E-state index < -0.39 is 70.6 Å². The lowest BCUT2D eigenvalue weighted by Gasteiger charge is -2.42. The van der Waals surface area contributed by atoms with E-state index in [4.69, 9.17) is 35.3 Å². The Morgan fingerprint density at radius 1 is 1.05 bits per heavy atom. The molecule has 0 bridgehead atoms. The summed E-state index contributed by atoms with van der Waals surface area (Å²) in [4.78, 5) is 67.5. The zero-order chi connectivity index (χ0) is 44.8. The van der Waals surface area contributed by atoms with E-state index in [-0.39, 0.29) is 90.8 Å². The third-order valence-corrected chi connectivity index (χ3v) is 10.6.